The van der Waals surface area contributed by atoms with Gasteiger partial charge in [-0.2, -0.15) is 0 Å². The highest BCUT2D eigenvalue weighted by Gasteiger charge is 2.70. The first-order valence-corrected chi connectivity index (χ1v) is 14.3. The Morgan fingerprint density at radius 2 is 1.75 bits per heavy atom. The Bertz CT molecular complexity index is 1060. The minimum atomic E-state index is -2.43. The minimum Gasteiger partial charge on any atom is -0.369 e. The van der Waals surface area contributed by atoms with Crippen molar-refractivity contribution in [1.82, 2.24) is 26.2 Å². The number of carbonyl (C=O) groups excluding carboxylic acids is 5. The van der Waals surface area contributed by atoms with Crippen LogP contribution >= 0.6 is 12.6 Å². The van der Waals surface area contributed by atoms with E-state index in [-0.39, 0.29) is 29.6 Å². The molecule has 2 aliphatic heterocycles. The van der Waals surface area contributed by atoms with Crippen molar-refractivity contribution < 1.29 is 29.1 Å². The highest BCUT2D eigenvalue weighted by atomic mass is 32.1. The van der Waals surface area contributed by atoms with E-state index in [1.807, 2.05) is 55.4 Å². The average molecular weight is 583 g/mol. The molecule has 7 N–H and O–H groups in total. The van der Waals surface area contributed by atoms with Gasteiger partial charge in [0.25, 0.3) is 5.91 Å². The van der Waals surface area contributed by atoms with Crippen LogP contribution in [0.25, 0.3) is 0 Å². The molecular weight excluding hydrogens is 536 g/mol. The number of aliphatic hydroxyl groups is 1. The number of carbonyl (C=O) groups is 5. The largest absolute Gasteiger partial charge is 0.369 e. The molecule has 40 heavy (non-hydrogen) atoms. The number of nitrogens with zero attached hydrogens (tertiary/aromatic N) is 1. The molecule has 3 rings (SSSR count). The summed E-state index contributed by atoms with van der Waals surface area (Å²) in [6.45, 7) is 15.8. The van der Waals surface area contributed by atoms with Crippen LogP contribution in [0.5, 0.6) is 0 Å². The molecule has 6 amide bonds. The van der Waals surface area contributed by atoms with Crippen LogP contribution in [-0.2, 0) is 19.2 Å². The second-order valence-electron chi connectivity index (χ2n) is 14.2. The highest BCUT2D eigenvalue weighted by Crippen LogP contribution is 2.65. The maximum Gasteiger partial charge on any atom is 0.315 e. The molecule has 3 aliphatic rings. The number of urea groups is 1. The normalized spacial score (nSPS) is 28.4. The van der Waals surface area contributed by atoms with Crippen LogP contribution in [0.2, 0.25) is 0 Å². The summed E-state index contributed by atoms with van der Waals surface area (Å²) in [4.78, 5) is 64.1. The number of hydrogen-bond donors (Lipinski definition) is 7. The van der Waals surface area contributed by atoms with Gasteiger partial charge in [0.1, 0.15) is 12.1 Å². The van der Waals surface area contributed by atoms with Gasteiger partial charge in [-0.15, -0.1) is 12.6 Å². The third kappa shape index (κ3) is 6.50. The molecule has 0 unspecified atom stereocenters. The van der Waals surface area contributed by atoms with Gasteiger partial charge in [0.2, 0.25) is 22.7 Å². The van der Waals surface area contributed by atoms with Gasteiger partial charge < -0.3 is 37.0 Å². The quantitative estimate of drug-likeness (QED) is 0.157. The second kappa shape index (κ2) is 10.7. The van der Waals surface area contributed by atoms with Gasteiger partial charge in [-0.1, -0.05) is 34.6 Å². The maximum atomic E-state index is 14.0. The van der Waals surface area contributed by atoms with E-state index in [9.17, 15) is 29.1 Å². The molecule has 0 aromatic heterocycles. The van der Waals surface area contributed by atoms with Crippen molar-refractivity contribution in [3.63, 3.8) is 0 Å². The zero-order valence-electron chi connectivity index (χ0n) is 24.8. The van der Waals surface area contributed by atoms with E-state index >= 15 is 0 Å². The topological polar surface area (TPSA) is 183 Å². The zero-order chi connectivity index (χ0) is 30.6. The van der Waals surface area contributed by atoms with Crippen LogP contribution in [0.1, 0.15) is 68.2 Å². The minimum absolute atomic E-state index is 0.0568. The molecule has 0 radical (unpaired) electrons. The number of thiol groups is 1. The molecule has 12 nitrogen and oxygen atoms in total. The van der Waals surface area contributed by atoms with Crippen molar-refractivity contribution in [3.8, 4) is 0 Å². The van der Waals surface area contributed by atoms with Crippen LogP contribution in [0.15, 0.2) is 0 Å². The number of piperidine rings is 1. The van der Waals surface area contributed by atoms with Crippen molar-refractivity contribution in [3.05, 3.63) is 0 Å². The van der Waals surface area contributed by atoms with Crippen molar-refractivity contribution >= 4 is 42.3 Å². The summed E-state index contributed by atoms with van der Waals surface area (Å²) in [5.41, 5.74) is 4.00. The molecule has 226 valence electrons. The zero-order valence-corrected chi connectivity index (χ0v) is 25.6. The van der Waals surface area contributed by atoms with Gasteiger partial charge in [-0.25, -0.2) is 4.79 Å². The van der Waals surface area contributed by atoms with Crippen molar-refractivity contribution in [2.45, 2.75) is 96.8 Å². The Morgan fingerprint density at radius 1 is 1.15 bits per heavy atom. The Kier molecular flexibility index (Phi) is 8.55. The predicted molar refractivity (Wildman–Crippen MR) is 152 cm³/mol. The monoisotopic (exact) mass is 582 g/mol. The summed E-state index contributed by atoms with van der Waals surface area (Å²) in [5.74, 6) is -3.05. The first-order chi connectivity index (χ1) is 18.1. The predicted octanol–water partition coefficient (Wildman–Crippen LogP) is 0.0965. The van der Waals surface area contributed by atoms with Gasteiger partial charge >= 0.3 is 6.03 Å². The van der Waals surface area contributed by atoms with Crippen LogP contribution in [0.3, 0.4) is 0 Å². The molecule has 3 fully saturated rings. The molecule has 1 saturated carbocycles. The second-order valence-corrected chi connectivity index (χ2v) is 14.9. The number of nitrogens with two attached hydrogens (primary N) is 1. The Balaban J connectivity index is 1.89. The first-order valence-electron chi connectivity index (χ1n) is 13.8. The fraction of sp³-hybridized carbons (Fsp3) is 0.815. The summed E-state index contributed by atoms with van der Waals surface area (Å²) in [6.07, 6.45) is 0.410. The van der Waals surface area contributed by atoms with E-state index in [0.717, 1.165) is 0 Å². The van der Waals surface area contributed by atoms with Crippen LogP contribution in [-0.4, -0.2) is 81.4 Å². The molecule has 2 heterocycles. The maximum absolute atomic E-state index is 14.0. The molecule has 0 spiro atoms. The third-order valence-corrected chi connectivity index (χ3v) is 9.02. The molecule has 0 aromatic carbocycles. The van der Waals surface area contributed by atoms with Crippen LogP contribution in [0, 0.1) is 28.6 Å². The number of primary amides is 1. The number of fused-ring (bicyclic) bond motifs is 1. The molecular formula is C27H46N6O6S. The van der Waals surface area contributed by atoms with E-state index in [1.165, 1.54) is 4.90 Å². The van der Waals surface area contributed by atoms with E-state index in [2.05, 4.69) is 33.9 Å². The van der Waals surface area contributed by atoms with E-state index < -0.39 is 63.7 Å². The van der Waals surface area contributed by atoms with E-state index in [4.69, 9.17) is 5.73 Å². The number of nitrogens with one attached hydrogen (secondary N) is 4. The van der Waals surface area contributed by atoms with Crippen molar-refractivity contribution in [2.75, 3.05) is 13.1 Å². The summed E-state index contributed by atoms with van der Waals surface area (Å²) in [6, 6.07) is -3.62. The standard InChI is InChI=1S/C27H46N6O6S/c1-24(2,3)18(31-23(38)32-25(4,5)6)21(36)33-12-14-16(26(14,7)8)17(33)20(35)30-15(27(39,40)22(28)37)11-13-9-10-29-19(13)34/h13-18,39-40H,9-12H2,1-8H3,(H2,28,37)(H,29,34)(H,30,35)(H2,31,32,38)/t13-,14-,15-,16-,17-,18+,27-/m0/s1. The fourth-order valence-electron chi connectivity index (χ4n) is 6.04. The lowest BCUT2D eigenvalue weighted by Gasteiger charge is -2.39. The summed E-state index contributed by atoms with van der Waals surface area (Å²) in [7, 11) is 0. The van der Waals surface area contributed by atoms with Crippen molar-refractivity contribution in [2.24, 2.45) is 34.3 Å². The molecule has 7 atom stereocenters. The molecule has 0 bridgehead atoms. The number of amides is 6. The lowest BCUT2D eigenvalue weighted by Crippen LogP contribution is -2.63. The lowest BCUT2D eigenvalue weighted by molar-refractivity contribution is -0.145. The van der Waals surface area contributed by atoms with Crippen LogP contribution < -0.4 is 27.0 Å². The molecule has 1 aliphatic carbocycles. The highest BCUT2D eigenvalue weighted by molar-refractivity contribution is 7.82. The van der Waals surface area contributed by atoms with Gasteiger partial charge in [-0.05, 0) is 56.3 Å². The molecule has 13 heteroatoms. The number of likely N-dealkylation sites (tertiary alicyclic amines) is 1. The van der Waals surface area contributed by atoms with Gasteiger partial charge in [0.15, 0.2) is 0 Å². The number of hydrogen-bond acceptors (Lipinski definition) is 7. The summed E-state index contributed by atoms with van der Waals surface area (Å²) in [5, 5.41) is 21.9. The molecule has 0 aromatic rings. The molecule has 2 saturated heterocycles. The first kappa shape index (κ1) is 32.0. The lowest BCUT2D eigenvalue weighted by atomic mass is 9.85. The SMILES string of the molecule is CC(C)(C)NC(=O)N[C@H](C(=O)N1C[C@H]2[C@@H]([C@H]1C(=O)N[C@@H](C[C@@H]1CCNC1=O)[C@](O)(S)C(N)=O)C2(C)C)C(C)(C)C. The van der Waals surface area contributed by atoms with Gasteiger partial charge in [0, 0.05) is 24.5 Å². The van der Waals surface area contributed by atoms with Gasteiger partial charge in [0.05, 0.1) is 6.04 Å². The fourth-order valence-corrected chi connectivity index (χ4v) is 6.21. The average Bonchev–Trinajstić information content (AvgIpc) is 3.14. The summed E-state index contributed by atoms with van der Waals surface area (Å²) >= 11 is 4.07. The number of rotatable bonds is 8. The van der Waals surface area contributed by atoms with E-state index in [1.54, 1.807) is 0 Å². The van der Waals surface area contributed by atoms with Crippen LogP contribution in [0.4, 0.5) is 4.79 Å². The smallest absolute Gasteiger partial charge is 0.315 e. The Labute approximate surface area is 241 Å². The van der Waals surface area contributed by atoms with E-state index in [0.29, 0.717) is 19.5 Å². The third-order valence-electron chi connectivity index (χ3n) is 8.49. The Morgan fingerprint density at radius 3 is 2.23 bits per heavy atom. The van der Waals surface area contributed by atoms with Gasteiger partial charge in [-0.3, -0.25) is 19.2 Å². The Hall–Kier alpha value is -2.54. The van der Waals surface area contributed by atoms with Crippen molar-refractivity contribution in [1.29, 1.82) is 0 Å². The summed E-state index contributed by atoms with van der Waals surface area (Å²) < 4.78 is 0.